The number of ether oxygens (including phenoxy) is 2. The molecule has 158 valence electrons. The molecule has 0 bridgehead atoms. The summed E-state index contributed by atoms with van der Waals surface area (Å²) in [5.74, 6) is -2.03. The molecule has 3 rings (SSSR count). The lowest BCUT2D eigenvalue weighted by Gasteiger charge is -2.41. The van der Waals surface area contributed by atoms with Crippen molar-refractivity contribution in [3.63, 3.8) is 0 Å². The van der Waals surface area contributed by atoms with Gasteiger partial charge in [0.15, 0.2) is 20.3 Å². The Hall–Kier alpha value is -2.69. The molecule has 12 heteroatoms. The second-order valence-corrected chi connectivity index (χ2v) is 7.57. The molecule has 30 heavy (non-hydrogen) atoms. The summed E-state index contributed by atoms with van der Waals surface area (Å²) in [6.45, 7) is -0.299. The Morgan fingerprint density at radius 2 is 2.03 bits per heavy atom. The van der Waals surface area contributed by atoms with Gasteiger partial charge in [0.25, 0.3) is 5.91 Å². The molecule has 1 fully saturated rings. The van der Waals surface area contributed by atoms with Gasteiger partial charge >= 0.3 is 0 Å². The second kappa shape index (κ2) is 7.86. The highest BCUT2D eigenvalue weighted by Crippen LogP contribution is 2.35. The van der Waals surface area contributed by atoms with E-state index in [2.05, 4.69) is 10.3 Å². The third-order valence-corrected chi connectivity index (χ3v) is 5.54. The fourth-order valence-electron chi connectivity index (χ4n) is 3.60. The number of fused-ring (bicyclic) bond motifs is 1. The van der Waals surface area contributed by atoms with Gasteiger partial charge in [-0.3, -0.25) is 9.59 Å². The molecule has 1 saturated heterocycles. The summed E-state index contributed by atoms with van der Waals surface area (Å²) < 4.78 is 25.4. The van der Waals surface area contributed by atoms with Crippen LogP contribution in [0, 0.1) is 5.92 Å². The van der Waals surface area contributed by atoms with Crippen LogP contribution in [0.1, 0.15) is 10.4 Å². The van der Waals surface area contributed by atoms with Gasteiger partial charge in [-0.2, -0.15) is 0 Å². The fraction of sp³-hybridized carbons (Fsp3) is 0.389. The largest absolute Gasteiger partial charge is 0.496 e. The monoisotopic (exact) mass is 418 g/mol. The van der Waals surface area contributed by atoms with E-state index in [1.165, 1.54) is 13.3 Å². The van der Waals surface area contributed by atoms with Crippen molar-refractivity contribution in [2.24, 2.45) is 5.92 Å². The van der Waals surface area contributed by atoms with E-state index < -0.39 is 35.2 Å². The lowest BCUT2D eigenvalue weighted by molar-refractivity contribution is -0.207. The topological polar surface area (TPSA) is 138 Å². The number of rotatable bonds is 7. The standard InChI is InChI=1S/C18H21B2FN2O7/c1-29-12-5-10-8(4-9(12)6-24)2-3-22-16(10)30-7-11-13(14(21)15(25)23-11)17(19,26)18(20,27)28/h2-6,11,13-14,26-28H,7,19-20H2,1H3,(H,23,25)/t11?,13?,14-,17?/m0/s1. The first-order chi connectivity index (χ1) is 14.0. The van der Waals surface area contributed by atoms with Crippen LogP contribution in [0.3, 0.4) is 0 Å². The first kappa shape index (κ1) is 22.0. The van der Waals surface area contributed by atoms with Gasteiger partial charge in [-0.15, -0.1) is 0 Å². The Labute approximate surface area is 173 Å². The average Bonchev–Trinajstić information content (AvgIpc) is 2.98. The molecule has 1 aliphatic heterocycles. The van der Waals surface area contributed by atoms with Gasteiger partial charge in [-0.05, 0) is 23.6 Å². The molecule has 1 aromatic heterocycles. The van der Waals surface area contributed by atoms with Gasteiger partial charge in [0, 0.05) is 17.5 Å². The van der Waals surface area contributed by atoms with Crippen LogP contribution < -0.4 is 14.8 Å². The molecule has 1 aromatic carbocycles. The minimum Gasteiger partial charge on any atom is -0.496 e. The van der Waals surface area contributed by atoms with Crippen molar-refractivity contribution in [3.8, 4) is 11.6 Å². The van der Waals surface area contributed by atoms with Crippen LogP contribution in [-0.4, -0.2) is 85.3 Å². The van der Waals surface area contributed by atoms with Crippen LogP contribution in [0.4, 0.5) is 4.39 Å². The zero-order chi connectivity index (χ0) is 22.3. The minimum absolute atomic E-state index is 0.133. The highest BCUT2D eigenvalue weighted by molar-refractivity contribution is 6.24. The first-order valence-corrected chi connectivity index (χ1v) is 9.17. The number of pyridine rings is 1. The van der Waals surface area contributed by atoms with Crippen molar-refractivity contribution >= 4 is 38.7 Å². The van der Waals surface area contributed by atoms with Gasteiger partial charge in [0.2, 0.25) is 5.88 Å². The minimum atomic E-state index is -2.66. The van der Waals surface area contributed by atoms with Crippen LogP contribution in [0.2, 0.25) is 0 Å². The summed E-state index contributed by atoms with van der Waals surface area (Å²) in [6, 6.07) is 3.77. The average molecular weight is 418 g/mol. The number of aldehydes is 1. The number of alkyl halides is 1. The highest BCUT2D eigenvalue weighted by Gasteiger charge is 2.58. The summed E-state index contributed by atoms with van der Waals surface area (Å²) in [5, 5.41) is 33.8. The quantitative estimate of drug-likeness (QED) is 0.220. The number of hydrogen-bond acceptors (Lipinski definition) is 8. The Bertz CT molecular complexity index is 983. The lowest BCUT2D eigenvalue weighted by Crippen LogP contribution is -2.64. The van der Waals surface area contributed by atoms with Crippen LogP contribution in [-0.2, 0) is 4.79 Å². The summed E-state index contributed by atoms with van der Waals surface area (Å²) >= 11 is 0. The lowest BCUT2D eigenvalue weighted by atomic mass is 9.57. The third-order valence-electron chi connectivity index (χ3n) is 5.54. The number of hydrogen-bond donors (Lipinski definition) is 4. The maximum atomic E-state index is 14.5. The van der Waals surface area contributed by atoms with Crippen LogP contribution in [0.15, 0.2) is 24.4 Å². The second-order valence-electron chi connectivity index (χ2n) is 7.57. The van der Waals surface area contributed by atoms with Crippen molar-refractivity contribution in [1.29, 1.82) is 0 Å². The molecule has 4 atom stereocenters. The van der Waals surface area contributed by atoms with Crippen molar-refractivity contribution in [2.45, 2.75) is 23.4 Å². The molecule has 1 aliphatic rings. The number of nitrogens with zero attached hydrogens (tertiary/aromatic N) is 1. The molecule has 3 unspecified atom stereocenters. The zero-order valence-corrected chi connectivity index (χ0v) is 16.6. The third kappa shape index (κ3) is 3.73. The van der Waals surface area contributed by atoms with E-state index in [0.717, 1.165) is 15.7 Å². The van der Waals surface area contributed by atoms with E-state index in [4.69, 9.17) is 9.47 Å². The zero-order valence-electron chi connectivity index (χ0n) is 16.6. The van der Waals surface area contributed by atoms with Crippen molar-refractivity contribution in [1.82, 2.24) is 10.3 Å². The molecule has 0 spiro atoms. The first-order valence-electron chi connectivity index (χ1n) is 9.17. The van der Waals surface area contributed by atoms with E-state index in [-0.39, 0.29) is 12.5 Å². The van der Waals surface area contributed by atoms with E-state index in [1.807, 2.05) is 0 Å². The molecule has 2 aromatic rings. The normalized spacial score (nSPS) is 23.6. The Morgan fingerprint density at radius 3 is 2.63 bits per heavy atom. The molecule has 0 radical (unpaired) electrons. The summed E-state index contributed by atoms with van der Waals surface area (Å²) in [5.41, 5.74) is -4.68. The number of amides is 1. The Morgan fingerprint density at radius 1 is 1.33 bits per heavy atom. The van der Waals surface area contributed by atoms with Gasteiger partial charge in [-0.1, -0.05) is 0 Å². The molecule has 0 aliphatic carbocycles. The molecular weight excluding hydrogens is 397 g/mol. The maximum Gasteiger partial charge on any atom is 0.255 e. The summed E-state index contributed by atoms with van der Waals surface area (Å²) in [7, 11) is 3.36. The number of carbonyl (C=O) groups is 2. The molecular formula is C18H21B2FN2O7. The molecule has 1 amide bonds. The predicted octanol–water partition coefficient (Wildman–Crippen LogP) is -2.52. The Balaban J connectivity index is 1.91. The number of halogens is 1. The highest BCUT2D eigenvalue weighted by atomic mass is 19.1. The van der Waals surface area contributed by atoms with Crippen LogP contribution in [0.5, 0.6) is 11.6 Å². The number of aliphatic hydroxyl groups is 3. The van der Waals surface area contributed by atoms with Gasteiger partial charge in [0.1, 0.15) is 25.9 Å². The van der Waals surface area contributed by atoms with E-state index >= 15 is 0 Å². The molecule has 9 nitrogen and oxygen atoms in total. The molecule has 4 N–H and O–H groups in total. The van der Waals surface area contributed by atoms with Gasteiger partial charge < -0.3 is 30.1 Å². The molecule has 0 saturated carbocycles. The number of carbonyl (C=O) groups excluding carboxylic acids is 2. The predicted molar refractivity (Wildman–Crippen MR) is 109 cm³/mol. The van der Waals surface area contributed by atoms with Crippen molar-refractivity contribution in [3.05, 3.63) is 30.0 Å². The number of methoxy groups -OCH3 is 1. The van der Waals surface area contributed by atoms with Crippen LogP contribution >= 0.6 is 0 Å². The van der Waals surface area contributed by atoms with Gasteiger partial charge in [-0.25, -0.2) is 9.37 Å². The smallest absolute Gasteiger partial charge is 0.255 e. The molecule has 2 heterocycles. The number of aromatic nitrogens is 1. The maximum absolute atomic E-state index is 14.5. The van der Waals surface area contributed by atoms with E-state index in [0.29, 0.717) is 28.4 Å². The number of nitrogens with one attached hydrogen (secondary N) is 1. The van der Waals surface area contributed by atoms with Crippen molar-refractivity contribution < 1.29 is 38.8 Å². The number of benzene rings is 1. The SMILES string of the molecule is BC(O)(O)C(B)(O)C1C(COc2nccc3cc(C=O)c(OC)cc23)NC(=O)[C@H]1F. The van der Waals surface area contributed by atoms with Crippen molar-refractivity contribution in [2.75, 3.05) is 13.7 Å². The fourth-order valence-corrected chi connectivity index (χ4v) is 3.60. The van der Waals surface area contributed by atoms with Gasteiger partial charge in [0.05, 0.1) is 24.2 Å². The Kier molecular flexibility index (Phi) is 5.76. The van der Waals surface area contributed by atoms with E-state index in [1.54, 1.807) is 18.2 Å². The van der Waals surface area contributed by atoms with E-state index in [9.17, 15) is 29.3 Å². The summed E-state index contributed by atoms with van der Waals surface area (Å²) in [4.78, 5) is 27.2. The van der Waals surface area contributed by atoms with Crippen LogP contribution in [0.25, 0.3) is 10.8 Å². The summed E-state index contributed by atoms with van der Waals surface area (Å²) in [6.07, 6.45) is -0.0546.